The molecule has 72 valence electrons. The van der Waals surface area contributed by atoms with Crippen LogP contribution in [-0.4, -0.2) is 20.8 Å². The average molecular weight is 247 g/mol. The summed E-state index contributed by atoms with van der Waals surface area (Å²) >= 11 is 3.29. The van der Waals surface area contributed by atoms with E-state index in [0.29, 0.717) is 6.42 Å². The van der Waals surface area contributed by atoms with Crippen LogP contribution in [0.1, 0.15) is 19.4 Å². The first-order valence-electron chi connectivity index (χ1n) is 3.79. The van der Waals surface area contributed by atoms with Crippen molar-refractivity contribution in [2.24, 2.45) is 10.9 Å². The molecule has 1 heterocycles. The highest BCUT2D eigenvalue weighted by atomic mass is 79.9. The molecule has 0 aliphatic rings. The minimum absolute atomic E-state index is 0.0854. The molecule has 1 aromatic rings. The summed E-state index contributed by atoms with van der Waals surface area (Å²) in [6.45, 7) is 1.94. The lowest BCUT2D eigenvalue weighted by atomic mass is 10.2. The summed E-state index contributed by atoms with van der Waals surface area (Å²) in [5, 5.41) is 15.3. The molecule has 13 heavy (non-hydrogen) atoms. The van der Waals surface area contributed by atoms with Gasteiger partial charge in [-0.15, -0.1) is 0 Å². The van der Waals surface area contributed by atoms with E-state index in [4.69, 9.17) is 10.9 Å². The Hall–Kier alpha value is -1.04. The van der Waals surface area contributed by atoms with Gasteiger partial charge in [0, 0.05) is 12.6 Å². The molecule has 0 aliphatic carbocycles. The van der Waals surface area contributed by atoms with Crippen LogP contribution in [0.15, 0.2) is 22.0 Å². The summed E-state index contributed by atoms with van der Waals surface area (Å²) in [6, 6.07) is 0.0854. The summed E-state index contributed by atoms with van der Waals surface area (Å²) in [4.78, 5) is 0. The Morgan fingerprint density at radius 3 is 3.08 bits per heavy atom. The fraction of sp³-hybridized carbons (Fsp3) is 0.429. The zero-order chi connectivity index (χ0) is 9.84. The highest BCUT2D eigenvalue weighted by Crippen LogP contribution is 2.13. The number of halogens is 1. The van der Waals surface area contributed by atoms with E-state index in [-0.39, 0.29) is 11.9 Å². The Morgan fingerprint density at radius 2 is 2.62 bits per heavy atom. The lowest BCUT2D eigenvalue weighted by molar-refractivity contribution is 0.315. The lowest BCUT2D eigenvalue weighted by Crippen LogP contribution is -2.18. The Labute approximate surface area is 84.3 Å². The van der Waals surface area contributed by atoms with Crippen molar-refractivity contribution in [3.63, 3.8) is 0 Å². The minimum atomic E-state index is 0.0854. The molecule has 0 bridgehead atoms. The van der Waals surface area contributed by atoms with Gasteiger partial charge in [-0.3, -0.25) is 4.68 Å². The summed E-state index contributed by atoms with van der Waals surface area (Å²) < 4.78 is 2.67. The van der Waals surface area contributed by atoms with E-state index in [2.05, 4.69) is 26.2 Å². The number of hydrogen-bond donors (Lipinski definition) is 2. The van der Waals surface area contributed by atoms with Crippen LogP contribution in [0.2, 0.25) is 0 Å². The van der Waals surface area contributed by atoms with Gasteiger partial charge < -0.3 is 10.9 Å². The van der Waals surface area contributed by atoms with Crippen molar-refractivity contribution in [3.05, 3.63) is 16.9 Å². The van der Waals surface area contributed by atoms with Crippen LogP contribution in [0.5, 0.6) is 0 Å². The predicted octanol–water partition coefficient (Wildman–Crippen LogP) is 1.34. The second-order valence-corrected chi connectivity index (χ2v) is 3.70. The SMILES string of the molecule is CC(C/C(N)=N/O)n1cc(Br)cn1. The molecule has 0 saturated heterocycles. The molecule has 0 aliphatic heterocycles. The van der Waals surface area contributed by atoms with Gasteiger partial charge >= 0.3 is 0 Å². The van der Waals surface area contributed by atoms with E-state index < -0.39 is 0 Å². The monoisotopic (exact) mass is 246 g/mol. The van der Waals surface area contributed by atoms with Crippen molar-refractivity contribution in [1.29, 1.82) is 0 Å². The normalized spacial score (nSPS) is 14.5. The third kappa shape index (κ3) is 2.73. The van der Waals surface area contributed by atoms with Crippen LogP contribution in [-0.2, 0) is 0 Å². The summed E-state index contributed by atoms with van der Waals surface area (Å²) in [7, 11) is 0. The minimum Gasteiger partial charge on any atom is -0.409 e. The fourth-order valence-electron chi connectivity index (χ4n) is 0.993. The molecule has 0 radical (unpaired) electrons. The van der Waals surface area contributed by atoms with E-state index in [1.54, 1.807) is 10.9 Å². The molecule has 0 fully saturated rings. The van der Waals surface area contributed by atoms with Crippen LogP contribution in [0.4, 0.5) is 0 Å². The average Bonchev–Trinajstić information content (AvgIpc) is 2.51. The Kier molecular flexibility index (Phi) is 3.30. The van der Waals surface area contributed by atoms with Crippen LogP contribution in [0.3, 0.4) is 0 Å². The Balaban J connectivity index is 2.63. The molecule has 1 unspecified atom stereocenters. The van der Waals surface area contributed by atoms with Gasteiger partial charge in [0.2, 0.25) is 0 Å². The number of nitrogens with zero attached hydrogens (tertiary/aromatic N) is 3. The molecule has 3 N–H and O–H groups in total. The van der Waals surface area contributed by atoms with Gasteiger partial charge in [-0.05, 0) is 22.9 Å². The maximum Gasteiger partial charge on any atom is 0.141 e. The fourth-order valence-corrected chi connectivity index (χ4v) is 1.29. The van der Waals surface area contributed by atoms with Gasteiger partial charge in [0.1, 0.15) is 5.84 Å². The standard InChI is InChI=1S/C7H11BrN4O/c1-5(2-7(9)11-13)12-4-6(8)3-10-12/h3-5,13H,2H2,1H3,(H2,9,11). The van der Waals surface area contributed by atoms with Crippen molar-refractivity contribution in [2.75, 3.05) is 0 Å². The lowest BCUT2D eigenvalue weighted by Gasteiger charge is -2.09. The summed E-state index contributed by atoms with van der Waals surface area (Å²) in [6.07, 6.45) is 4.02. The molecule has 0 saturated carbocycles. The third-order valence-electron chi connectivity index (χ3n) is 1.65. The van der Waals surface area contributed by atoms with E-state index in [1.807, 2.05) is 13.1 Å². The van der Waals surface area contributed by atoms with Crippen molar-refractivity contribution in [3.8, 4) is 0 Å². The molecule has 0 aromatic carbocycles. The molecule has 0 spiro atoms. The van der Waals surface area contributed by atoms with Crippen molar-refractivity contribution in [2.45, 2.75) is 19.4 Å². The van der Waals surface area contributed by atoms with Gasteiger partial charge in [0.15, 0.2) is 0 Å². The first-order chi connectivity index (χ1) is 6.13. The quantitative estimate of drug-likeness (QED) is 0.366. The topological polar surface area (TPSA) is 76.4 Å². The van der Waals surface area contributed by atoms with Gasteiger partial charge in [0.05, 0.1) is 16.7 Å². The second kappa shape index (κ2) is 4.27. The van der Waals surface area contributed by atoms with Crippen LogP contribution < -0.4 is 5.73 Å². The Morgan fingerprint density at radius 1 is 1.92 bits per heavy atom. The molecule has 6 heteroatoms. The maximum atomic E-state index is 8.36. The van der Waals surface area contributed by atoms with Gasteiger partial charge in [-0.1, -0.05) is 5.16 Å². The largest absolute Gasteiger partial charge is 0.409 e. The molecule has 0 amide bonds. The van der Waals surface area contributed by atoms with Crippen LogP contribution >= 0.6 is 15.9 Å². The van der Waals surface area contributed by atoms with Gasteiger partial charge in [-0.25, -0.2) is 0 Å². The maximum absolute atomic E-state index is 8.36. The zero-order valence-corrected chi connectivity index (χ0v) is 8.77. The van der Waals surface area contributed by atoms with E-state index in [9.17, 15) is 0 Å². The molecule has 5 nitrogen and oxygen atoms in total. The molecular weight excluding hydrogens is 236 g/mol. The summed E-state index contributed by atoms with van der Waals surface area (Å²) in [5.74, 6) is 0.208. The number of hydrogen-bond acceptors (Lipinski definition) is 3. The number of aromatic nitrogens is 2. The van der Waals surface area contributed by atoms with E-state index >= 15 is 0 Å². The first kappa shape index (κ1) is 10.0. The number of oxime groups is 1. The molecule has 1 atom stereocenters. The first-order valence-corrected chi connectivity index (χ1v) is 4.59. The van der Waals surface area contributed by atoms with E-state index in [1.165, 1.54) is 0 Å². The second-order valence-electron chi connectivity index (χ2n) is 2.78. The third-order valence-corrected chi connectivity index (χ3v) is 2.06. The number of amidine groups is 1. The number of rotatable bonds is 3. The molecule has 1 rings (SSSR count). The summed E-state index contributed by atoms with van der Waals surface area (Å²) in [5.41, 5.74) is 5.37. The predicted molar refractivity (Wildman–Crippen MR) is 52.7 cm³/mol. The Bertz CT molecular complexity index is 309. The van der Waals surface area contributed by atoms with Gasteiger partial charge in [0.25, 0.3) is 0 Å². The van der Waals surface area contributed by atoms with Crippen LogP contribution in [0.25, 0.3) is 0 Å². The highest BCUT2D eigenvalue weighted by molar-refractivity contribution is 9.10. The van der Waals surface area contributed by atoms with Crippen molar-refractivity contribution >= 4 is 21.8 Å². The van der Waals surface area contributed by atoms with E-state index in [0.717, 1.165) is 4.47 Å². The molecule has 1 aromatic heterocycles. The van der Waals surface area contributed by atoms with Crippen molar-refractivity contribution in [1.82, 2.24) is 9.78 Å². The molecular formula is C7H11BrN4O. The zero-order valence-electron chi connectivity index (χ0n) is 7.18. The van der Waals surface area contributed by atoms with Gasteiger partial charge in [-0.2, -0.15) is 5.10 Å². The number of nitrogens with two attached hydrogens (primary N) is 1. The highest BCUT2D eigenvalue weighted by Gasteiger charge is 2.07. The van der Waals surface area contributed by atoms with Crippen molar-refractivity contribution < 1.29 is 5.21 Å². The smallest absolute Gasteiger partial charge is 0.141 e. The van der Waals surface area contributed by atoms with Crippen LogP contribution in [0, 0.1) is 0 Å².